The van der Waals surface area contributed by atoms with Crippen molar-refractivity contribution in [1.82, 2.24) is 5.32 Å². The van der Waals surface area contributed by atoms with Crippen molar-refractivity contribution in [3.8, 4) is 0 Å². The Kier molecular flexibility index (Phi) is 6.01. The largest absolute Gasteiger partial charge is 0.396 e. The number of carbonyl (C=O) groups is 1. The summed E-state index contributed by atoms with van der Waals surface area (Å²) in [5.41, 5.74) is 1.03. The number of hydrogen-bond donors (Lipinski definition) is 2. The zero-order valence-electron chi connectivity index (χ0n) is 9.95. The van der Waals surface area contributed by atoms with Crippen molar-refractivity contribution in [2.75, 3.05) is 6.61 Å². The minimum absolute atomic E-state index is 0.0147. The molecule has 0 unspecified atom stereocenters. The Morgan fingerprint density at radius 3 is 2.59 bits per heavy atom. The quantitative estimate of drug-likeness (QED) is 0.768. The molecule has 0 saturated heterocycles. The predicted molar refractivity (Wildman–Crippen MR) is 68.9 cm³/mol. The number of carbonyl (C=O) groups excluding carboxylic acids is 1. The first-order valence-electron chi connectivity index (χ1n) is 5.79. The molecule has 1 aromatic rings. The first kappa shape index (κ1) is 14.0. The zero-order chi connectivity index (χ0) is 12.7. The number of hydrogen-bond acceptors (Lipinski definition) is 2. The number of aliphatic hydroxyl groups excluding tert-OH is 1. The van der Waals surface area contributed by atoms with Crippen LogP contribution in [0.1, 0.15) is 37.8 Å². The van der Waals surface area contributed by atoms with Gasteiger partial charge in [0.2, 0.25) is 5.91 Å². The Bertz CT molecular complexity index is 351. The zero-order valence-corrected chi connectivity index (χ0v) is 10.7. The normalized spacial score (nSPS) is 12.2. The molecular formula is C13H18ClNO2. The van der Waals surface area contributed by atoms with E-state index in [0.29, 0.717) is 17.9 Å². The minimum atomic E-state index is -0.0195. The summed E-state index contributed by atoms with van der Waals surface area (Å²) in [6, 6.07) is 7.41. The number of nitrogens with one attached hydrogen (secondary N) is 1. The second kappa shape index (κ2) is 7.30. The molecule has 0 aliphatic heterocycles. The molecule has 17 heavy (non-hydrogen) atoms. The van der Waals surface area contributed by atoms with Gasteiger partial charge in [-0.1, -0.05) is 23.7 Å². The van der Waals surface area contributed by atoms with Crippen LogP contribution in [-0.2, 0) is 4.79 Å². The topological polar surface area (TPSA) is 49.3 Å². The highest BCUT2D eigenvalue weighted by Gasteiger charge is 2.08. The van der Waals surface area contributed by atoms with Crippen LogP contribution in [0.5, 0.6) is 0 Å². The van der Waals surface area contributed by atoms with Crippen molar-refractivity contribution in [3.63, 3.8) is 0 Å². The van der Waals surface area contributed by atoms with Gasteiger partial charge < -0.3 is 10.4 Å². The van der Waals surface area contributed by atoms with E-state index in [2.05, 4.69) is 5.32 Å². The van der Waals surface area contributed by atoms with Crippen LogP contribution in [0.3, 0.4) is 0 Å². The summed E-state index contributed by atoms with van der Waals surface area (Å²) < 4.78 is 0. The maximum Gasteiger partial charge on any atom is 0.220 e. The summed E-state index contributed by atoms with van der Waals surface area (Å²) in [5.74, 6) is 0.0147. The fraction of sp³-hybridized carbons (Fsp3) is 0.462. The van der Waals surface area contributed by atoms with Crippen molar-refractivity contribution in [3.05, 3.63) is 34.9 Å². The van der Waals surface area contributed by atoms with Gasteiger partial charge in [0.15, 0.2) is 0 Å². The maximum atomic E-state index is 11.5. The van der Waals surface area contributed by atoms with Crippen LogP contribution < -0.4 is 5.32 Å². The van der Waals surface area contributed by atoms with E-state index in [1.165, 1.54) is 0 Å². The van der Waals surface area contributed by atoms with E-state index in [4.69, 9.17) is 16.7 Å². The average molecular weight is 256 g/mol. The summed E-state index contributed by atoms with van der Waals surface area (Å²) >= 11 is 5.80. The summed E-state index contributed by atoms with van der Waals surface area (Å²) in [4.78, 5) is 11.5. The molecule has 0 aromatic heterocycles. The standard InChI is InChI=1S/C13H18ClNO2/c1-10(11-5-7-12(14)8-6-11)15-13(17)4-2-3-9-16/h5-8,10,16H,2-4,9H2,1H3,(H,15,17)/t10-/m1/s1. The molecule has 2 N–H and O–H groups in total. The highest BCUT2D eigenvalue weighted by molar-refractivity contribution is 6.30. The number of rotatable bonds is 6. The monoisotopic (exact) mass is 255 g/mol. The summed E-state index contributed by atoms with van der Waals surface area (Å²) in [6.07, 6.45) is 1.84. The lowest BCUT2D eigenvalue weighted by Gasteiger charge is -2.14. The molecule has 1 atom stereocenters. The molecule has 94 valence electrons. The van der Waals surface area contributed by atoms with Gasteiger partial charge in [-0.15, -0.1) is 0 Å². The molecule has 0 heterocycles. The second-order valence-corrected chi connectivity index (χ2v) is 4.46. The molecule has 0 bridgehead atoms. The molecular weight excluding hydrogens is 238 g/mol. The molecule has 0 radical (unpaired) electrons. The van der Waals surface area contributed by atoms with Gasteiger partial charge >= 0.3 is 0 Å². The van der Waals surface area contributed by atoms with Crippen LogP contribution in [-0.4, -0.2) is 17.6 Å². The number of amides is 1. The fourth-order valence-electron chi connectivity index (χ4n) is 1.55. The van der Waals surface area contributed by atoms with Gasteiger partial charge in [0.1, 0.15) is 0 Å². The third-order valence-electron chi connectivity index (χ3n) is 2.56. The first-order valence-corrected chi connectivity index (χ1v) is 6.17. The van der Waals surface area contributed by atoms with Gasteiger partial charge in [-0.3, -0.25) is 4.79 Å². The van der Waals surface area contributed by atoms with E-state index < -0.39 is 0 Å². The van der Waals surface area contributed by atoms with E-state index in [1.807, 2.05) is 31.2 Å². The lowest BCUT2D eigenvalue weighted by atomic mass is 10.1. The van der Waals surface area contributed by atoms with Gasteiger partial charge in [0, 0.05) is 18.1 Å². The number of halogens is 1. The Morgan fingerprint density at radius 1 is 1.35 bits per heavy atom. The fourth-order valence-corrected chi connectivity index (χ4v) is 1.67. The number of aliphatic hydroxyl groups is 1. The van der Waals surface area contributed by atoms with Crippen LogP contribution in [0.15, 0.2) is 24.3 Å². The summed E-state index contributed by atoms with van der Waals surface area (Å²) in [6.45, 7) is 2.08. The number of benzene rings is 1. The Hall–Kier alpha value is -1.06. The van der Waals surface area contributed by atoms with Crippen molar-refractivity contribution in [1.29, 1.82) is 0 Å². The van der Waals surface area contributed by atoms with Gasteiger partial charge in [-0.2, -0.15) is 0 Å². The van der Waals surface area contributed by atoms with Crippen molar-refractivity contribution < 1.29 is 9.90 Å². The van der Waals surface area contributed by atoms with E-state index in [1.54, 1.807) is 0 Å². The smallest absolute Gasteiger partial charge is 0.220 e. The Labute approximate surface area is 107 Å². The van der Waals surface area contributed by atoms with Crippen LogP contribution in [0.25, 0.3) is 0 Å². The van der Waals surface area contributed by atoms with Crippen molar-refractivity contribution in [2.45, 2.75) is 32.2 Å². The molecule has 0 aliphatic rings. The molecule has 0 saturated carbocycles. The molecule has 1 aromatic carbocycles. The molecule has 1 amide bonds. The predicted octanol–water partition coefficient (Wildman–Crippen LogP) is 2.68. The van der Waals surface area contributed by atoms with E-state index in [0.717, 1.165) is 12.0 Å². The third kappa shape index (κ3) is 5.20. The summed E-state index contributed by atoms with van der Waals surface area (Å²) in [5, 5.41) is 12.2. The second-order valence-electron chi connectivity index (χ2n) is 4.02. The van der Waals surface area contributed by atoms with Crippen LogP contribution in [0.4, 0.5) is 0 Å². The highest BCUT2D eigenvalue weighted by Crippen LogP contribution is 2.16. The Balaban J connectivity index is 2.40. The Morgan fingerprint density at radius 2 is 2.00 bits per heavy atom. The highest BCUT2D eigenvalue weighted by atomic mass is 35.5. The number of unbranched alkanes of at least 4 members (excludes halogenated alkanes) is 1. The van der Waals surface area contributed by atoms with Crippen molar-refractivity contribution >= 4 is 17.5 Å². The van der Waals surface area contributed by atoms with Crippen LogP contribution >= 0.6 is 11.6 Å². The molecule has 1 rings (SSSR count). The lowest BCUT2D eigenvalue weighted by molar-refractivity contribution is -0.121. The van der Waals surface area contributed by atoms with Gasteiger partial charge in [0.05, 0.1) is 6.04 Å². The molecule has 4 heteroatoms. The van der Waals surface area contributed by atoms with E-state index in [-0.39, 0.29) is 18.6 Å². The minimum Gasteiger partial charge on any atom is -0.396 e. The van der Waals surface area contributed by atoms with E-state index >= 15 is 0 Å². The first-order chi connectivity index (χ1) is 8.13. The summed E-state index contributed by atoms with van der Waals surface area (Å²) in [7, 11) is 0. The van der Waals surface area contributed by atoms with Crippen LogP contribution in [0.2, 0.25) is 5.02 Å². The molecule has 3 nitrogen and oxygen atoms in total. The molecule has 0 spiro atoms. The van der Waals surface area contributed by atoms with Crippen molar-refractivity contribution in [2.24, 2.45) is 0 Å². The maximum absolute atomic E-state index is 11.5. The average Bonchev–Trinajstić information content (AvgIpc) is 2.30. The van der Waals surface area contributed by atoms with E-state index in [9.17, 15) is 4.79 Å². The molecule has 0 fully saturated rings. The van der Waals surface area contributed by atoms with Crippen LogP contribution in [0, 0.1) is 0 Å². The van der Waals surface area contributed by atoms with Gasteiger partial charge in [0.25, 0.3) is 0 Å². The van der Waals surface area contributed by atoms with Gasteiger partial charge in [-0.05, 0) is 37.5 Å². The molecule has 0 aliphatic carbocycles. The lowest BCUT2D eigenvalue weighted by Crippen LogP contribution is -2.26. The van der Waals surface area contributed by atoms with Gasteiger partial charge in [-0.25, -0.2) is 0 Å². The SMILES string of the molecule is C[C@@H](NC(=O)CCCCO)c1ccc(Cl)cc1. The third-order valence-corrected chi connectivity index (χ3v) is 2.81.